The van der Waals surface area contributed by atoms with Gasteiger partial charge in [0.25, 0.3) is 0 Å². The van der Waals surface area contributed by atoms with E-state index in [4.69, 9.17) is 18.9 Å². The van der Waals surface area contributed by atoms with Crippen molar-refractivity contribution in [3.05, 3.63) is 47.5 Å². The number of hydrogen-bond acceptors (Lipinski definition) is 5. The first-order valence-corrected chi connectivity index (χ1v) is 8.50. The summed E-state index contributed by atoms with van der Waals surface area (Å²) < 4.78 is 22.4. The Hall–Kier alpha value is -2.40. The summed E-state index contributed by atoms with van der Waals surface area (Å²) in [5, 5.41) is 9.87. The molecule has 2 unspecified atom stereocenters. The van der Waals surface area contributed by atoms with Crippen LogP contribution in [0, 0.1) is 5.92 Å². The van der Waals surface area contributed by atoms with Gasteiger partial charge in [-0.05, 0) is 41.3 Å². The van der Waals surface area contributed by atoms with E-state index in [9.17, 15) is 5.11 Å². The third-order valence-electron chi connectivity index (χ3n) is 4.45. The summed E-state index contributed by atoms with van der Waals surface area (Å²) in [6.45, 7) is 5.18. The third kappa shape index (κ3) is 3.82. The fourth-order valence-electron chi connectivity index (χ4n) is 2.70. The quantitative estimate of drug-likeness (QED) is 0.812. The van der Waals surface area contributed by atoms with Crippen LogP contribution in [0.3, 0.4) is 0 Å². The van der Waals surface area contributed by atoms with Crippen molar-refractivity contribution in [2.45, 2.75) is 26.4 Å². The van der Waals surface area contributed by atoms with Crippen molar-refractivity contribution in [2.75, 3.05) is 20.5 Å². The van der Waals surface area contributed by atoms with E-state index in [2.05, 4.69) is 13.8 Å². The van der Waals surface area contributed by atoms with E-state index >= 15 is 0 Å². The standard InChI is InChI=1S/C20H24O5/c1-4-13(2)11-23-20(14-5-7-16(21)18(9-14)22-3)15-6-8-17-19(10-15)25-12-24-17/h5-10,13,20-21H,4,11-12H2,1-3H3. The summed E-state index contributed by atoms with van der Waals surface area (Å²) >= 11 is 0. The van der Waals surface area contributed by atoms with Crippen molar-refractivity contribution in [3.63, 3.8) is 0 Å². The number of aromatic hydroxyl groups is 1. The molecule has 2 aromatic carbocycles. The van der Waals surface area contributed by atoms with Gasteiger partial charge in [-0.1, -0.05) is 32.4 Å². The second-order valence-electron chi connectivity index (χ2n) is 6.27. The molecule has 0 radical (unpaired) electrons. The Bertz CT molecular complexity index is 717. The van der Waals surface area contributed by atoms with Crippen molar-refractivity contribution in [2.24, 2.45) is 5.92 Å². The first-order chi connectivity index (χ1) is 12.1. The maximum Gasteiger partial charge on any atom is 0.231 e. The molecule has 1 aliphatic heterocycles. The van der Waals surface area contributed by atoms with Crippen LogP contribution in [0.1, 0.15) is 37.5 Å². The van der Waals surface area contributed by atoms with Gasteiger partial charge in [0.2, 0.25) is 6.79 Å². The monoisotopic (exact) mass is 344 g/mol. The minimum atomic E-state index is -0.280. The maximum absolute atomic E-state index is 9.87. The first-order valence-electron chi connectivity index (χ1n) is 8.50. The summed E-state index contributed by atoms with van der Waals surface area (Å²) in [5.74, 6) is 2.46. The lowest BCUT2D eigenvalue weighted by Gasteiger charge is -2.22. The van der Waals surface area contributed by atoms with E-state index < -0.39 is 0 Å². The largest absolute Gasteiger partial charge is 0.504 e. The highest BCUT2D eigenvalue weighted by Crippen LogP contribution is 2.38. The molecule has 0 fully saturated rings. The van der Waals surface area contributed by atoms with E-state index in [1.54, 1.807) is 12.1 Å². The number of fused-ring (bicyclic) bond motifs is 1. The predicted molar refractivity (Wildman–Crippen MR) is 94.5 cm³/mol. The Kier molecular flexibility index (Phi) is 5.34. The summed E-state index contributed by atoms with van der Waals surface area (Å²) in [5.41, 5.74) is 1.89. The number of phenolic OH excluding ortho intramolecular Hbond substituents is 1. The summed E-state index contributed by atoms with van der Waals surface area (Å²) in [6.07, 6.45) is 0.769. The summed E-state index contributed by atoms with van der Waals surface area (Å²) in [7, 11) is 1.54. The number of hydrogen-bond donors (Lipinski definition) is 1. The van der Waals surface area contributed by atoms with Crippen molar-refractivity contribution in [1.29, 1.82) is 0 Å². The van der Waals surface area contributed by atoms with Crippen LogP contribution in [-0.4, -0.2) is 25.6 Å². The van der Waals surface area contributed by atoms with Crippen molar-refractivity contribution >= 4 is 0 Å². The molecule has 0 aromatic heterocycles. The number of ether oxygens (including phenoxy) is 4. The number of benzene rings is 2. The minimum Gasteiger partial charge on any atom is -0.504 e. The van der Waals surface area contributed by atoms with Gasteiger partial charge in [-0.2, -0.15) is 0 Å². The fourth-order valence-corrected chi connectivity index (χ4v) is 2.70. The van der Waals surface area contributed by atoms with Crippen LogP contribution < -0.4 is 14.2 Å². The number of phenols is 1. The van der Waals surface area contributed by atoms with Gasteiger partial charge in [0.15, 0.2) is 23.0 Å². The Balaban J connectivity index is 1.94. The van der Waals surface area contributed by atoms with Gasteiger partial charge >= 0.3 is 0 Å². The molecule has 0 aliphatic carbocycles. The Labute approximate surface area is 148 Å². The lowest BCUT2D eigenvalue weighted by atomic mass is 10.00. The van der Waals surface area contributed by atoms with Gasteiger partial charge in [-0.3, -0.25) is 0 Å². The highest BCUT2D eigenvalue weighted by molar-refractivity contribution is 5.49. The van der Waals surface area contributed by atoms with Gasteiger partial charge < -0.3 is 24.1 Å². The number of rotatable bonds is 7. The molecule has 2 aromatic rings. The molecule has 134 valence electrons. The molecule has 0 spiro atoms. The lowest BCUT2D eigenvalue weighted by molar-refractivity contribution is 0.0550. The van der Waals surface area contributed by atoms with Gasteiger partial charge in [0.05, 0.1) is 13.7 Å². The molecular formula is C20H24O5. The van der Waals surface area contributed by atoms with Crippen LogP contribution in [-0.2, 0) is 4.74 Å². The molecule has 0 saturated carbocycles. The predicted octanol–water partition coefficient (Wildman–Crippen LogP) is 4.28. The molecule has 0 amide bonds. The SMILES string of the molecule is CCC(C)COC(c1ccc(O)c(OC)c1)c1ccc2c(c1)OCO2. The van der Waals surface area contributed by atoms with E-state index in [-0.39, 0.29) is 18.6 Å². The van der Waals surface area contributed by atoms with Gasteiger partial charge in [0.1, 0.15) is 6.10 Å². The smallest absolute Gasteiger partial charge is 0.231 e. The van der Waals surface area contributed by atoms with Crippen molar-refractivity contribution in [1.82, 2.24) is 0 Å². The van der Waals surface area contributed by atoms with E-state index in [1.165, 1.54) is 7.11 Å². The molecule has 2 atom stereocenters. The summed E-state index contributed by atoms with van der Waals surface area (Å²) in [6, 6.07) is 11.1. The highest BCUT2D eigenvalue weighted by Gasteiger charge is 2.21. The molecule has 5 nitrogen and oxygen atoms in total. The number of methoxy groups -OCH3 is 1. The molecule has 5 heteroatoms. The zero-order valence-electron chi connectivity index (χ0n) is 14.8. The molecule has 0 bridgehead atoms. The average Bonchev–Trinajstić information content (AvgIpc) is 3.10. The average molecular weight is 344 g/mol. The Morgan fingerprint density at radius 3 is 2.56 bits per heavy atom. The topological polar surface area (TPSA) is 57.2 Å². The van der Waals surface area contributed by atoms with E-state index in [1.807, 2.05) is 24.3 Å². The third-order valence-corrected chi connectivity index (χ3v) is 4.45. The van der Waals surface area contributed by atoms with Crippen LogP contribution in [0.4, 0.5) is 0 Å². The van der Waals surface area contributed by atoms with Crippen LogP contribution in [0.5, 0.6) is 23.0 Å². The first kappa shape index (κ1) is 17.4. The van der Waals surface area contributed by atoms with Crippen LogP contribution >= 0.6 is 0 Å². The molecule has 1 aliphatic rings. The van der Waals surface area contributed by atoms with Gasteiger partial charge in [-0.15, -0.1) is 0 Å². The van der Waals surface area contributed by atoms with Crippen LogP contribution in [0.15, 0.2) is 36.4 Å². The maximum atomic E-state index is 9.87. The lowest BCUT2D eigenvalue weighted by Crippen LogP contribution is -2.12. The van der Waals surface area contributed by atoms with E-state index in [0.717, 1.165) is 29.0 Å². The van der Waals surface area contributed by atoms with Gasteiger partial charge in [-0.25, -0.2) is 0 Å². The molecule has 25 heavy (non-hydrogen) atoms. The van der Waals surface area contributed by atoms with Crippen molar-refractivity contribution in [3.8, 4) is 23.0 Å². The van der Waals surface area contributed by atoms with Crippen LogP contribution in [0.25, 0.3) is 0 Å². The zero-order chi connectivity index (χ0) is 17.8. The Morgan fingerprint density at radius 2 is 1.80 bits per heavy atom. The molecular weight excluding hydrogens is 320 g/mol. The molecule has 3 rings (SSSR count). The fraction of sp³-hybridized carbons (Fsp3) is 0.400. The summed E-state index contributed by atoms with van der Waals surface area (Å²) in [4.78, 5) is 0. The zero-order valence-corrected chi connectivity index (χ0v) is 14.8. The van der Waals surface area contributed by atoms with Crippen molar-refractivity contribution < 1.29 is 24.1 Å². The molecule has 1 N–H and O–H groups in total. The molecule has 0 saturated heterocycles. The van der Waals surface area contributed by atoms with Gasteiger partial charge in [0, 0.05) is 0 Å². The second-order valence-corrected chi connectivity index (χ2v) is 6.27. The highest BCUT2D eigenvalue weighted by atomic mass is 16.7. The molecule has 1 heterocycles. The normalized spacial score (nSPS) is 15.0. The minimum absolute atomic E-state index is 0.109. The van der Waals surface area contributed by atoms with E-state index in [0.29, 0.717) is 18.3 Å². The second kappa shape index (κ2) is 7.66. The van der Waals surface area contributed by atoms with Crippen LogP contribution in [0.2, 0.25) is 0 Å². The Morgan fingerprint density at radius 1 is 1.08 bits per heavy atom.